The zero-order chi connectivity index (χ0) is 14.9. The standard InChI is InChI=1S/C15H21N3O2/c1-10(16-14(19)12-6-7-20-9-12)13-8-18(15(3,4)5)17-11(13)2/h6-10H,1-5H3,(H,16,19)/t10-/m1/s1. The van der Waals surface area contributed by atoms with Crippen LogP contribution in [0.2, 0.25) is 0 Å². The summed E-state index contributed by atoms with van der Waals surface area (Å²) in [7, 11) is 0. The van der Waals surface area contributed by atoms with Crippen molar-refractivity contribution < 1.29 is 9.21 Å². The molecule has 108 valence electrons. The van der Waals surface area contributed by atoms with Crippen molar-refractivity contribution in [2.24, 2.45) is 0 Å². The molecule has 0 aliphatic rings. The molecule has 1 amide bonds. The second kappa shape index (κ2) is 5.15. The topological polar surface area (TPSA) is 60.1 Å². The number of nitrogens with zero attached hydrogens (tertiary/aromatic N) is 2. The van der Waals surface area contributed by atoms with E-state index in [4.69, 9.17) is 4.42 Å². The monoisotopic (exact) mass is 275 g/mol. The minimum absolute atomic E-state index is 0.0721. The van der Waals surface area contributed by atoms with E-state index in [1.54, 1.807) is 6.07 Å². The van der Waals surface area contributed by atoms with Crippen molar-refractivity contribution in [3.8, 4) is 0 Å². The van der Waals surface area contributed by atoms with Gasteiger partial charge in [0.1, 0.15) is 6.26 Å². The number of furan rings is 1. The van der Waals surface area contributed by atoms with E-state index in [2.05, 4.69) is 31.2 Å². The summed E-state index contributed by atoms with van der Waals surface area (Å²) in [6.45, 7) is 10.2. The largest absolute Gasteiger partial charge is 0.472 e. The number of carbonyl (C=O) groups excluding carboxylic acids is 1. The quantitative estimate of drug-likeness (QED) is 0.936. The lowest BCUT2D eigenvalue weighted by Gasteiger charge is -2.19. The van der Waals surface area contributed by atoms with E-state index in [9.17, 15) is 4.79 Å². The Morgan fingerprint density at radius 1 is 1.45 bits per heavy atom. The van der Waals surface area contributed by atoms with Crippen LogP contribution in [-0.4, -0.2) is 15.7 Å². The Morgan fingerprint density at radius 3 is 2.65 bits per heavy atom. The SMILES string of the molecule is Cc1nn(C(C)(C)C)cc1[C@@H](C)NC(=O)c1ccoc1. The highest BCUT2D eigenvalue weighted by Crippen LogP contribution is 2.21. The molecular weight excluding hydrogens is 254 g/mol. The Morgan fingerprint density at radius 2 is 2.15 bits per heavy atom. The molecule has 0 bridgehead atoms. The lowest BCUT2D eigenvalue weighted by Crippen LogP contribution is -2.26. The summed E-state index contributed by atoms with van der Waals surface area (Å²) in [6, 6.07) is 1.54. The van der Waals surface area contributed by atoms with Crippen LogP contribution in [0.5, 0.6) is 0 Å². The molecule has 5 heteroatoms. The first kappa shape index (κ1) is 14.4. The summed E-state index contributed by atoms with van der Waals surface area (Å²) >= 11 is 0. The van der Waals surface area contributed by atoms with Gasteiger partial charge in [0.2, 0.25) is 0 Å². The maximum atomic E-state index is 12.0. The number of hydrogen-bond acceptors (Lipinski definition) is 3. The van der Waals surface area contributed by atoms with E-state index in [-0.39, 0.29) is 17.5 Å². The number of aryl methyl sites for hydroxylation is 1. The molecule has 1 atom stereocenters. The van der Waals surface area contributed by atoms with Crippen molar-refractivity contribution >= 4 is 5.91 Å². The Hall–Kier alpha value is -2.04. The summed E-state index contributed by atoms with van der Waals surface area (Å²) < 4.78 is 6.85. The molecule has 0 aromatic carbocycles. The van der Waals surface area contributed by atoms with Gasteiger partial charge in [-0.25, -0.2) is 0 Å². The van der Waals surface area contributed by atoms with Crippen LogP contribution in [0.1, 0.15) is 55.4 Å². The summed E-state index contributed by atoms with van der Waals surface area (Å²) in [5.41, 5.74) is 2.41. The maximum Gasteiger partial charge on any atom is 0.255 e. The molecule has 0 radical (unpaired) electrons. The molecule has 2 heterocycles. The van der Waals surface area contributed by atoms with Gasteiger partial charge in [0.05, 0.1) is 29.1 Å². The number of nitrogens with one attached hydrogen (secondary N) is 1. The van der Waals surface area contributed by atoms with Gasteiger partial charge < -0.3 is 9.73 Å². The van der Waals surface area contributed by atoms with E-state index in [1.807, 2.05) is 24.7 Å². The van der Waals surface area contributed by atoms with Crippen molar-refractivity contribution in [2.75, 3.05) is 0 Å². The fourth-order valence-electron chi connectivity index (χ4n) is 1.99. The van der Waals surface area contributed by atoms with E-state index in [1.165, 1.54) is 12.5 Å². The van der Waals surface area contributed by atoms with Gasteiger partial charge in [0.15, 0.2) is 0 Å². The third-order valence-electron chi connectivity index (χ3n) is 3.22. The maximum absolute atomic E-state index is 12.0. The molecule has 0 saturated carbocycles. The zero-order valence-electron chi connectivity index (χ0n) is 12.6. The van der Waals surface area contributed by atoms with Gasteiger partial charge in [-0.2, -0.15) is 5.10 Å². The molecule has 0 spiro atoms. The van der Waals surface area contributed by atoms with E-state index < -0.39 is 0 Å². The van der Waals surface area contributed by atoms with Crippen LogP contribution >= 0.6 is 0 Å². The van der Waals surface area contributed by atoms with Crippen LogP contribution in [0, 0.1) is 6.92 Å². The Bertz CT molecular complexity index is 591. The molecular formula is C15H21N3O2. The van der Waals surface area contributed by atoms with Crippen LogP contribution in [0.4, 0.5) is 0 Å². The number of aromatic nitrogens is 2. The second-order valence-electron chi connectivity index (χ2n) is 5.99. The molecule has 2 aromatic rings. The Balaban J connectivity index is 2.15. The third-order valence-corrected chi connectivity index (χ3v) is 3.22. The van der Waals surface area contributed by atoms with Crippen molar-refractivity contribution in [1.29, 1.82) is 0 Å². The summed E-state index contributed by atoms with van der Waals surface area (Å²) in [5.74, 6) is -0.144. The van der Waals surface area contributed by atoms with Crippen molar-refractivity contribution in [3.05, 3.63) is 41.6 Å². The third kappa shape index (κ3) is 2.92. The minimum atomic E-state index is -0.144. The highest BCUT2D eigenvalue weighted by Gasteiger charge is 2.20. The van der Waals surface area contributed by atoms with Gasteiger partial charge in [-0.15, -0.1) is 0 Å². The fourth-order valence-corrected chi connectivity index (χ4v) is 1.99. The lowest BCUT2D eigenvalue weighted by molar-refractivity contribution is 0.0939. The van der Waals surface area contributed by atoms with E-state index in [0.717, 1.165) is 11.3 Å². The molecule has 0 saturated heterocycles. The highest BCUT2D eigenvalue weighted by atomic mass is 16.3. The van der Waals surface area contributed by atoms with Gasteiger partial charge >= 0.3 is 0 Å². The number of amides is 1. The minimum Gasteiger partial charge on any atom is -0.472 e. The molecule has 0 unspecified atom stereocenters. The van der Waals surface area contributed by atoms with Crippen LogP contribution < -0.4 is 5.32 Å². The molecule has 20 heavy (non-hydrogen) atoms. The molecule has 1 N–H and O–H groups in total. The van der Waals surface area contributed by atoms with Crippen molar-refractivity contribution in [2.45, 2.75) is 46.2 Å². The predicted molar refractivity (Wildman–Crippen MR) is 76.5 cm³/mol. The van der Waals surface area contributed by atoms with Gasteiger partial charge in [-0.05, 0) is 40.7 Å². The van der Waals surface area contributed by atoms with Crippen molar-refractivity contribution in [1.82, 2.24) is 15.1 Å². The average molecular weight is 275 g/mol. The molecule has 0 fully saturated rings. The zero-order valence-corrected chi connectivity index (χ0v) is 12.6. The Labute approximate surface area is 119 Å². The fraction of sp³-hybridized carbons (Fsp3) is 0.467. The van der Waals surface area contributed by atoms with E-state index in [0.29, 0.717) is 5.56 Å². The molecule has 0 aliphatic heterocycles. The summed E-state index contributed by atoms with van der Waals surface area (Å²) in [5, 5.41) is 7.47. The second-order valence-corrected chi connectivity index (χ2v) is 5.99. The normalized spacial score (nSPS) is 13.2. The average Bonchev–Trinajstić information content (AvgIpc) is 2.95. The van der Waals surface area contributed by atoms with E-state index >= 15 is 0 Å². The van der Waals surface area contributed by atoms with Gasteiger partial charge in [0, 0.05) is 11.8 Å². The smallest absolute Gasteiger partial charge is 0.255 e. The van der Waals surface area contributed by atoms with Crippen LogP contribution in [0.3, 0.4) is 0 Å². The van der Waals surface area contributed by atoms with Gasteiger partial charge in [-0.1, -0.05) is 0 Å². The van der Waals surface area contributed by atoms with Gasteiger partial charge in [0.25, 0.3) is 5.91 Å². The first-order valence-corrected chi connectivity index (χ1v) is 6.69. The highest BCUT2D eigenvalue weighted by molar-refractivity contribution is 5.94. The predicted octanol–water partition coefficient (Wildman–Crippen LogP) is 3.03. The van der Waals surface area contributed by atoms with Crippen LogP contribution in [-0.2, 0) is 5.54 Å². The summed E-state index contributed by atoms with van der Waals surface area (Å²) in [6.07, 6.45) is 4.92. The molecule has 2 rings (SSSR count). The van der Waals surface area contributed by atoms with Gasteiger partial charge in [-0.3, -0.25) is 9.48 Å². The number of hydrogen-bond donors (Lipinski definition) is 1. The van der Waals surface area contributed by atoms with Crippen LogP contribution in [0.15, 0.2) is 29.2 Å². The summed E-state index contributed by atoms with van der Waals surface area (Å²) in [4.78, 5) is 12.0. The first-order chi connectivity index (χ1) is 9.29. The molecule has 5 nitrogen and oxygen atoms in total. The number of rotatable bonds is 3. The number of carbonyl (C=O) groups is 1. The Kier molecular flexibility index (Phi) is 3.70. The van der Waals surface area contributed by atoms with Crippen LogP contribution in [0.25, 0.3) is 0 Å². The molecule has 2 aromatic heterocycles. The first-order valence-electron chi connectivity index (χ1n) is 6.69. The molecule has 0 aliphatic carbocycles. The lowest BCUT2D eigenvalue weighted by atomic mass is 10.1. The van der Waals surface area contributed by atoms with Crippen molar-refractivity contribution in [3.63, 3.8) is 0 Å².